The molecule has 0 unspecified atom stereocenters. The number of aryl methyl sites for hydroxylation is 1. The zero-order valence-electron chi connectivity index (χ0n) is 11.4. The minimum absolute atomic E-state index is 0.270. The van der Waals surface area contributed by atoms with Gasteiger partial charge in [-0.25, -0.2) is 13.4 Å². The number of hydrogen-bond acceptors (Lipinski definition) is 4. The highest BCUT2D eigenvalue weighted by molar-refractivity contribution is 7.91. The van der Waals surface area contributed by atoms with E-state index in [0.717, 1.165) is 30.6 Å². The summed E-state index contributed by atoms with van der Waals surface area (Å²) in [6, 6.07) is 0. The third kappa shape index (κ3) is 2.96. The number of piperidine rings is 1. The summed E-state index contributed by atoms with van der Waals surface area (Å²) in [6.07, 6.45) is 2.91. The van der Waals surface area contributed by atoms with Crippen LogP contribution in [0.4, 0.5) is 0 Å². The summed E-state index contributed by atoms with van der Waals surface area (Å²) in [7, 11) is -3.43. The molecule has 0 bridgehead atoms. The van der Waals surface area contributed by atoms with Crippen molar-refractivity contribution in [2.75, 3.05) is 13.1 Å². The van der Waals surface area contributed by atoms with Crippen molar-refractivity contribution in [3.8, 4) is 0 Å². The van der Waals surface area contributed by atoms with E-state index in [2.05, 4.69) is 18.8 Å². The molecule has 1 aliphatic rings. The second-order valence-corrected chi connectivity index (χ2v) is 9.12. The first-order chi connectivity index (χ1) is 8.78. The third-order valence-corrected chi connectivity index (χ3v) is 7.83. The van der Waals surface area contributed by atoms with Crippen LogP contribution >= 0.6 is 22.9 Å². The fourth-order valence-corrected chi connectivity index (χ4v) is 5.64. The topological polar surface area (TPSA) is 50.3 Å². The predicted molar refractivity (Wildman–Crippen MR) is 78.3 cm³/mol. The molecule has 1 saturated heterocycles. The monoisotopic (exact) mass is 322 g/mol. The van der Waals surface area contributed by atoms with Crippen LogP contribution in [0.3, 0.4) is 0 Å². The van der Waals surface area contributed by atoms with E-state index in [1.54, 1.807) is 11.2 Å². The first-order valence-electron chi connectivity index (χ1n) is 6.41. The Labute approximate surface area is 123 Å². The average Bonchev–Trinajstić information content (AvgIpc) is 2.70. The van der Waals surface area contributed by atoms with Crippen LogP contribution in [0.1, 0.15) is 38.8 Å². The highest BCUT2D eigenvalue weighted by Crippen LogP contribution is 2.37. The van der Waals surface area contributed by atoms with E-state index < -0.39 is 10.0 Å². The Morgan fingerprint density at radius 2 is 2.00 bits per heavy atom. The molecule has 0 amide bonds. The molecule has 19 heavy (non-hydrogen) atoms. The molecule has 2 rings (SSSR count). The minimum atomic E-state index is -3.43. The predicted octanol–water partition coefficient (Wildman–Crippen LogP) is 3.31. The lowest BCUT2D eigenvalue weighted by atomic mass is 9.79. The Morgan fingerprint density at radius 3 is 2.42 bits per heavy atom. The highest BCUT2D eigenvalue weighted by atomic mass is 35.5. The summed E-state index contributed by atoms with van der Waals surface area (Å²) in [5.41, 5.74) is 0.769. The zero-order valence-corrected chi connectivity index (χ0v) is 13.8. The molecule has 1 aromatic heterocycles. The van der Waals surface area contributed by atoms with Gasteiger partial charge >= 0.3 is 0 Å². The summed E-state index contributed by atoms with van der Waals surface area (Å²) in [5, 5.41) is 0. The van der Waals surface area contributed by atoms with Gasteiger partial charge in [-0.3, -0.25) is 0 Å². The Bertz CT molecular complexity index is 560. The number of aromatic nitrogens is 1. The molecule has 0 radical (unpaired) electrons. The maximum absolute atomic E-state index is 12.6. The summed E-state index contributed by atoms with van der Waals surface area (Å²) in [6.45, 7) is 7.25. The van der Waals surface area contributed by atoms with Crippen molar-refractivity contribution >= 4 is 33.0 Å². The molecule has 1 fully saturated rings. The fourth-order valence-electron chi connectivity index (χ4n) is 2.33. The van der Waals surface area contributed by atoms with Gasteiger partial charge in [-0.15, -0.1) is 0 Å². The van der Waals surface area contributed by atoms with Gasteiger partial charge in [0.15, 0.2) is 8.68 Å². The molecule has 0 saturated carbocycles. The van der Waals surface area contributed by atoms with Gasteiger partial charge in [0.1, 0.15) is 0 Å². The lowest BCUT2D eigenvalue weighted by Gasteiger charge is -2.37. The Kier molecular flexibility index (Phi) is 4.26. The first-order valence-corrected chi connectivity index (χ1v) is 9.05. The first kappa shape index (κ1) is 15.2. The van der Waals surface area contributed by atoms with E-state index in [1.165, 1.54) is 0 Å². The van der Waals surface area contributed by atoms with Crippen molar-refractivity contribution in [1.29, 1.82) is 0 Å². The molecule has 0 aromatic carbocycles. The molecule has 2 heterocycles. The van der Waals surface area contributed by atoms with Gasteiger partial charge in [0.05, 0.1) is 5.69 Å². The average molecular weight is 323 g/mol. The van der Waals surface area contributed by atoms with E-state index in [9.17, 15) is 8.42 Å². The van der Waals surface area contributed by atoms with Gasteiger partial charge in [0.25, 0.3) is 10.0 Å². The van der Waals surface area contributed by atoms with Crippen LogP contribution in [-0.2, 0) is 10.0 Å². The number of halogens is 1. The van der Waals surface area contributed by atoms with Crippen molar-refractivity contribution in [1.82, 2.24) is 9.29 Å². The van der Waals surface area contributed by atoms with Crippen LogP contribution in [0.2, 0.25) is 4.47 Å². The van der Waals surface area contributed by atoms with Crippen molar-refractivity contribution in [2.24, 2.45) is 5.41 Å². The van der Waals surface area contributed by atoms with Crippen LogP contribution in [0.15, 0.2) is 4.21 Å². The van der Waals surface area contributed by atoms with Gasteiger partial charge in [0, 0.05) is 13.1 Å². The summed E-state index contributed by atoms with van der Waals surface area (Å²) < 4.78 is 27.3. The van der Waals surface area contributed by atoms with E-state index >= 15 is 0 Å². The standard InChI is InChI=1S/C12H19ClN2O2S2/c1-4-12(3)5-7-15(8-6-12)19(16,17)10-9(2)14-11(13)18-10/h4-8H2,1-3H3. The second-order valence-electron chi connectivity index (χ2n) is 5.41. The summed E-state index contributed by atoms with van der Waals surface area (Å²) in [5.74, 6) is 0. The molecule has 1 aliphatic heterocycles. The van der Waals surface area contributed by atoms with E-state index in [0.29, 0.717) is 18.8 Å². The number of hydrogen-bond donors (Lipinski definition) is 0. The SMILES string of the molecule is CCC1(C)CCN(S(=O)(=O)c2sc(Cl)nc2C)CC1. The van der Waals surface area contributed by atoms with Crippen LogP contribution in [-0.4, -0.2) is 30.8 Å². The lowest BCUT2D eigenvalue weighted by molar-refractivity contribution is 0.169. The van der Waals surface area contributed by atoms with Crippen molar-refractivity contribution in [3.63, 3.8) is 0 Å². The maximum atomic E-state index is 12.6. The highest BCUT2D eigenvalue weighted by Gasteiger charge is 2.36. The normalized spacial score (nSPS) is 20.6. The maximum Gasteiger partial charge on any atom is 0.254 e. The molecule has 108 valence electrons. The van der Waals surface area contributed by atoms with Gasteiger partial charge in [0.2, 0.25) is 0 Å². The Hall–Kier alpha value is -0.170. The number of nitrogens with zero attached hydrogens (tertiary/aromatic N) is 2. The molecular weight excluding hydrogens is 304 g/mol. The molecular formula is C12H19ClN2O2S2. The molecule has 1 aromatic rings. The number of rotatable bonds is 3. The van der Waals surface area contributed by atoms with E-state index in [4.69, 9.17) is 11.6 Å². The van der Waals surface area contributed by atoms with Gasteiger partial charge < -0.3 is 0 Å². The van der Waals surface area contributed by atoms with E-state index in [-0.39, 0.29) is 14.1 Å². The minimum Gasteiger partial charge on any atom is -0.229 e. The molecule has 7 heteroatoms. The Morgan fingerprint density at radius 1 is 1.42 bits per heavy atom. The zero-order chi connectivity index (χ0) is 14.3. The molecule has 4 nitrogen and oxygen atoms in total. The third-order valence-electron chi connectivity index (χ3n) is 4.09. The van der Waals surface area contributed by atoms with Crippen molar-refractivity contribution in [3.05, 3.63) is 10.2 Å². The van der Waals surface area contributed by atoms with Crippen LogP contribution in [0.25, 0.3) is 0 Å². The van der Waals surface area contributed by atoms with Crippen LogP contribution < -0.4 is 0 Å². The molecule has 0 aliphatic carbocycles. The van der Waals surface area contributed by atoms with Crippen molar-refractivity contribution in [2.45, 2.75) is 44.2 Å². The lowest BCUT2D eigenvalue weighted by Crippen LogP contribution is -2.41. The Balaban J connectivity index is 2.21. The van der Waals surface area contributed by atoms with Gasteiger partial charge in [-0.05, 0) is 25.2 Å². The van der Waals surface area contributed by atoms with E-state index in [1.807, 2.05) is 0 Å². The number of sulfonamides is 1. The van der Waals surface area contributed by atoms with Crippen molar-refractivity contribution < 1.29 is 8.42 Å². The summed E-state index contributed by atoms with van der Waals surface area (Å²) >= 11 is 6.85. The smallest absolute Gasteiger partial charge is 0.229 e. The summed E-state index contributed by atoms with van der Waals surface area (Å²) in [4.78, 5) is 4.00. The van der Waals surface area contributed by atoms with Gasteiger partial charge in [-0.1, -0.05) is 43.2 Å². The van der Waals surface area contributed by atoms with Crippen LogP contribution in [0, 0.1) is 12.3 Å². The molecule has 0 atom stereocenters. The quantitative estimate of drug-likeness (QED) is 0.858. The molecule has 0 N–H and O–H groups in total. The van der Waals surface area contributed by atoms with Gasteiger partial charge in [-0.2, -0.15) is 4.31 Å². The van der Waals surface area contributed by atoms with Crippen LogP contribution in [0.5, 0.6) is 0 Å². The second kappa shape index (κ2) is 5.31. The number of thiazole rings is 1. The fraction of sp³-hybridized carbons (Fsp3) is 0.750. The largest absolute Gasteiger partial charge is 0.254 e. The molecule has 0 spiro atoms.